The number of hydrogen-bond acceptors (Lipinski definition) is 6. The number of ether oxygens (including phenoxy) is 1. The number of methoxy groups -OCH3 is 1. The Morgan fingerprint density at radius 1 is 1.33 bits per heavy atom. The van der Waals surface area contributed by atoms with Crippen molar-refractivity contribution in [3.8, 4) is 5.75 Å². The smallest absolute Gasteiger partial charge is 0.341 e. The van der Waals surface area contributed by atoms with Gasteiger partial charge in [0, 0.05) is 17.9 Å². The summed E-state index contributed by atoms with van der Waals surface area (Å²) in [4.78, 5) is 35.3. The van der Waals surface area contributed by atoms with Gasteiger partial charge in [-0.05, 0) is 43.2 Å². The first kappa shape index (κ1) is 19.4. The number of benzene rings is 2. The highest BCUT2D eigenvalue weighted by atomic mass is 19.1. The molecule has 9 nitrogen and oxygen atoms in total. The van der Waals surface area contributed by atoms with E-state index in [9.17, 15) is 29.2 Å². The van der Waals surface area contributed by atoms with Crippen LogP contribution in [0.15, 0.2) is 41.3 Å². The second-order valence-electron chi connectivity index (χ2n) is 6.90. The second kappa shape index (κ2) is 7.14. The van der Waals surface area contributed by atoms with Crippen LogP contribution in [-0.2, 0) is 0 Å². The number of nitrogens with one attached hydrogen (secondary N) is 1. The van der Waals surface area contributed by atoms with E-state index in [0.29, 0.717) is 24.3 Å². The van der Waals surface area contributed by atoms with Crippen molar-refractivity contribution in [3.63, 3.8) is 0 Å². The van der Waals surface area contributed by atoms with Crippen molar-refractivity contribution in [2.75, 3.05) is 12.4 Å². The molecule has 0 aliphatic heterocycles. The predicted octanol–water partition coefficient (Wildman–Crippen LogP) is 3.83. The van der Waals surface area contributed by atoms with E-state index in [0.717, 1.165) is 12.3 Å². The van der Waals surface area contributed by atoms with Gasteiger partial charge in [-0.2, -0.15) is 0 Å². The average Bonchev–Trinajstić information content (AvgIpc) is 3.54. The summed E-state index contributed by atoms with van der Waals surface area (Å²) in [5, 5.41) is 23.6. The van der Waals surface area contributed by atoms with Gasteiger partial charge in [-0.15, -0.1) is 0 Å². The highest BCUT2D eigenvalue weighted by Crippen LogP contribution is 2.43. The van der Waals surface area contributed by atoms with Gasteiger partial charge in [-0.25, -0.2) is 9.18 Å². The maximum Gasteiger partial charge on any atom is 0.341 e. The number of nitrogens with zero attached hydrogens (tertiary/aromatic N) is 2. The zero-order valence-corrected chi connectivity index (χ0v) is 15.7. The molecule has 4 rings (SSSR count). The Bertz CT molecular complexity index is 1250. The summed E-state index contributed by atoms with van der Waals surface area (Å²) in [6.07, 6.45) is 2.45. The van der Waals surface area contributed by atoms with Gasteiger partial charge >= 0.3 is 11.7 Å². The Morgan fingerprint density at radius 2 is 2.00 bits per heavy atom. The van der Waals surface area contributed by atoms with Gasteiger partial charge in [0.1, 0.15) is 16.8 Å². The average molecular weight is 413 g/mol. The number of aromatic nitrogens is 1. The molecular weight excluding hydrogens is 397 g/mol. The molecule has 10 heteroatoms. The lowest BCUT2D eigenvalue weighted by Gasteiger charge is -2.15. The summed E-state index contributed by atoms with van der Waals surface area (Å²) < 4.78 is 21.4. The van der Waals surface area contributed by atoms with Gasteiger partial charge in [-0.1, -0.05) is 0 Å². The first-order valence-electron chi connectivity index (χ1n) is 9.02. The first-order chi connectivity index (χ1) is 14.3. The summed E-state index contributed by atoms with van der Waals surface area (Å²) in [7, 11) is 1.48. The highest BCUT2D eigenvalue weighted by Gasteiger charge is 2.33. The topological polar surface area (TPSA) is 124 Å². The molecule has 0 radical (unpaired) electrons. The number of anilines is 2. The standard InChI is InChI=1S/C20H16FN3O6/c1-30-12-6-2-10(3-7-12)22-16-15(21)8-13-17(18(16)24(28)29)23(11-4-5-11)9-14(19(13)25)20(26)27/h2-3,6-9,11,22H,4-5H2,1H3,(H,26,27). The number of hydrogen-bond donors (Lipinski definition) is 2. The second-order valence-corrected chi connectivity index (χ2v) is 6.90. The maximum atomic E-state index is 14.9. The van der Waals surface area contributed by atoms with E-state index in [-0.39, 0.29) is 16.9 Å². The minimum absolute atomic E-state index is 0.102. The van der Waals surface area contributed by atoms with Crippen LogP contribution in [-0.4, -0.2) is 27.7 Å². The fourth-order valence-corrected chi connectivity index (χ4v) is 3.38. The number of carboxylic acid groups (broad SMARTS) is 1. The third-order valence-corrected chi connectivity index (χ3v) is 4.95. The number of nitro benzene ring substituents is 1. The Balaban J connectivity index is 2.00. The number of pyridine rings is 1. The molecule has 2 aromatic carbocycles. The van der Waals surface area contributed by atoms with Crippen molar-refractivity contribution in [1.82, 2.24) is 4.57 Å². The van der Waals surface area contributed by atoms with Crippen molar-refractivity contribution in [2.24, 2.45) is 0 Å². The molecule has 0 spiro atoms. The van der Waals surface area contributed by atoms with Crippen molar-refractivity contribution in [2.45, 2.75) is 18.9 Å². The Morgan fingerprint density at radius 3 is 2.53 bits per heavy atom. The molecule has 0 atom stereocenters. The minimum atomic E-state index is -1.47. The molecule has 2 N–H and O–H groups in total. The predicted molar refractivity (Wildman–Crippen MR) is 106 cm³/mol. The van der Waals surface area contributed by atoms with Crippen LogP contribution in [0.3, 0.4) is 0 Å². The Kier molecular flexibility index (Phi) is 4.61. The van der Waals surface area contributed by atoms with Crippen molar-refractivity contribution in [3.05, 3.63) is 68.2 Å². The molecule has 0 unspecified atom stereocenters. The van der Waals surface area contributed by atoms with Crippen LogP contribution in [0.5, 0.6) is 5.75 Å². The lowest BCUT2D eigenvalue weighted by Crippen LogP contribution is -2.20. The fraction of sp³-hybridized carbons (Fsp3) is 0.200. The molecule has 1 aliphatic carbocycles. The van der Waals surface area contributed by atoms with E-state index in [4.69, 9.17) is 4.74 Å². The SMILES string of the molecule is COc1ccc(Nc2c(F)cc3c(=O)c(C(=O)O)cn(C4CC4)c3c2[N+](=O)[O-])cc1. The van der Waals surface area contributed by atoms with Crippen molar-refractivity contribution < 1.29 is 24.0 Å². The molecule has 1 heterocycles. The molecule has 0 saturated heterocycles. The van der Waals surface area contributed by atoms with Gasteiger partial charge in [0.2, 0.25) is 5.43 Å². The summed E-state index contributed by atoms with van der Waals surface area (Å²) in [5.41, 5.74) is -2.28. The Labute approximate surface area is 168 Å². The normalized spacial score (nSPS) is 13.3. The van der Waals surface area contributed by atoms with Crippen LogP contribution in [0.1, 0.15) is 29.2 Å². The van der Waals surface area contributed by atoms with Crippen LogP contribution in [0.25, 0.3) is 10.9 Å². The number of nitro groups is 1. The number of halogens is 1. The molecule has 1 saturated carbocycles. The summed E-state index contributed by atoms with van der Waals surface area (Å²) in [6, 6.07) is 6.99. The number of fused-ring (bicyclic) bond motifs is 1. The van der Waals surface area contributed by atoms with E-state index in [1.807, 2.05) is 0 Å². The van der Waals surface area contributed by atoms with Gasteiger partial charge in [-0.3, -0.25) is 14.9 Å². The van der Waals surface area contributed by atoms with Crippen LogP contribution in [0.2, 0.25) is 0 Å². The molecule has 154 valence electrons. The minimum Gasteiger partial charge on any atom is -0.497 e. The molecule has 1 fully saturated rings. The van der Waals surface area contributed by atoms with Crippen LogP contribution in [0, 0.1) is 15.9 Å². The van der Waals surface area contributed by atoms with Crippen molar-refractivity contribution >= 4 is 33.9 Å². The van der Waals surface area contributed by atoms with Crippen LogP contribution >= 0.6 is 0 Å². The largest absolute Gasteiger partial charge is 0.497 e. The quantitative estimate of drug-likeness (QED) is 0.465. The number of carbonyl (C=O) groups is 1. The van der Waals surface area contributed by atoms with Crippen LogP contribution < -0.4 is 15.5 Å². The zero-order chi connectivity index (χ0) is 21.6. The lowest BCUT2D eigenvalue weighted by molar-refractivity contribution is -0.382. The van der Waals surface area contributed by atoms with Gasteiger partial charge in [0.05, 0.1) is 17.4 Å². The number of rotatable bonds is 6. The first-order valence-corrected chi connectivity index (χ1v) is 9.02. The third-order valence-electron chi connectivity index (χ3n) is 4.95. The molecular formula is C20H16FN3O6. The molecule has 30 heavy (non-hydrogen) atoms. The van der Waals surface area contributed by atoms with E-state index in [2.05, 4.69) is 5.32 Å². The number of aromatic carboxylic acids is 1. The molecule has 0 amide bonds. The van der Waals surface area contributed by atoms with Crippen LogP contribution in [0.4, 0.5) is 21.5 Å². The van der Waals surface area contributed by atoms with Gasteiger partial charge < -0.3 is 19.7 Å². The number of carboxylic acids is 1. The highest BCUT2D eigenvalue weighted by molar-refractivity contribution is 5.99. The summed E-state index contributed by atoms with van der Waals surface area (Å²) in [5.74, 6) is -1.95. The lowest BCUT2D eigenvalue weighted by atomic mass is 10.1. The maximum absolute atomic E-state index is 14.9. The zero-order valence-electron chi connectivity index (χ0n) is 15.7. The molecule has 3 aromatic rings. The third kappa shape index (κ3) is 3.21. The van der Waals surface area contributed by atoms with E-state index in [1.54, 1.807) is 24.3 Å². The van der Waals surface area contributed by atoms with Crippen molar-refractivity contribution in [1.29, 1.82) is 0 Å². The van der Waals surface area contributed by atoms with E-state index in [1.165, 1.54) is 11.7 Å². The van der Waals surface area contributed by atoms with Gasteiger partial charge in [0.25, 0.3) is 0 Å². The summed E-state index contributed by atoms with van der Waals surface area (Å²) >= 11 is 0. The molecule has 0 bridgehead atoms. The van der Waals surface area contributed by atoms with Gasteiger partial charge in [0.15, 0.2) is 11.5 Å². The molecule has 1 aliphatic rings. The molecule has 1 aromatic heterocycles. The fourth-order valence-electron chi connectivity index (χ4n) is 3.38. The van der Waals surface area contributed by atoms with E-state index < -0.39 is 39.1 Å². The summed E-state index contributed by atoms with van der Waals surface area (Å²) in [6.45, 7) is 0. The monoisotopic (exact) mass is 413 g/mol. The Hall–Kier alpha value is -3.95. The van der Waals surface area contributed by atoms with E-state index >= 15 is 0 Å².